The molecular weight excluding hydrogens is 350 g/mol. The third-order valence-electron chi connectivity index (χ3n) is 5.28. The van der Waals surface area contributed by atoms with Crippen LogP contribution in [0.1, 0.15) is 53.4 Å². The first-order valence-corrected chi connectivity index (χ1v) is 9.78. The lowest BCUT2D eigenvalue weighted by atomic mass is 10.0. The molecule has 0 radical (unpaired) electrons. The minimum atomic E-state index is -0.0782. The van der Waals surface area contributed by atoms with E-state index in [4.69, 9.17) is 0 Å². The van der Waals surface area contributed by atoms with Gasteiger partial charge in [0.1, 0.15) is 11.6 Å². The highest BCUT2D eigenvalue weighted by Gasteiger charge is 2.35. The van der Waals surface area contributed by atoms with Crippen LogP contribution in [0.5, 0.6) is 0 Å². The largest absolute Gasteiger partial charge is 0.342 e. The molecule has 1 aromatic carbocycles. The maximum atomic E-state index is 13.0. The molecule has 2 heterocycles. The number of hydrogen-bond acceptors (Lipinski definition) is 4. The number of rotatable bonds is 6. The molecular formula is C22H25N5O. The van der Waals surface area contributed by atoms with Crippen LogP contribution in [0.3, 0.4) is 0 Å². The number of carbonyl (C=O) groups excluding carboxylic acids is 1. The van der Waals surface area contributed by atoms with Crippen molar-refractivity contribution < 1.29 is 4.79 Å². The van der Waals surface area contributed by atoms with Crippen LogP contribution in [-0.4, -0.2) is 25.4 Å². The van der Waals surface area contributed by atoms with Crippen molar-refractivity contribution in [3.63, 3.8) is 0 Å². The van der Waals surface area contributed by atoms with E-state index in [0.717, 1.165) is 47.7 Å². The number of benzene rings is 1. The highest BCUT2D eigenvalue weighted by molar-refractivity contribution is 5.95. The molecule has 0 spiro atoms. The molecule has 1 unspecified atom stereocenters. The summed E-state index contributed by atoms with van der Waals surface area (Å²) >= 11 is 0. The summed E-state index contributed by atoms with van der Waals surface area (Å²) in [6, 6.07) is 7.62. The molecule has 2 aromatic heterocycles. The van der Waals surface area contributed by atoms with Crippen LogP contribution in [-0.2, 0) is 13.5 Å². The van der Waals surface area contributed by atoms with Gasteiger partial charge in [-0.05, 0) is 49.8 Å². The van der Waals surface area contributed by atoms with Crippen LogP contribution in [0, 0.1) is 12.8 Å². The average molecular weight is 375 g/mol. The standard InChI is InChI=1S/C22H25N5O/c1-4-15-13-24-14(2)25-19(15)17-6-5-7-18(12-17)22(28)26-20(16-8-9-16)21-23-10-11-27(21)3/h5-7,10-13,16,20H,4,8-9H2,1-3H3,(H,26,28). The van der Waals surface area contributed by atoms with Gasteiger partial charge in [0.2, 0.25) is 0 Å². The molecule has 6 nitrogen and oxygen atoms in total. The van der Waals surface area contributed by atoms with Gasteiger partial charge in [0, 0.05) is 36.8 Å². The van der Waals surface area contributed by atoms with Crippen molar-refractivity contribution in [3.8, 4) is 11.3 Å². The van der Waals surface area contributed by atoms with Crippen molar-refractivity contribution >= 4 is 5.91 Å². The van der Waals surface area contributed by atoms with Crippen molar-refractivity contribution in [2.75, 3.05) is 0 Å². The Morgan fingerprint density at radius 2 is 2.14 bits per heavy atom. The molecule has 144 valence electrons. The lowest BCUT2D eigenvalue weighted by molar-refractivity contribution is 0.0929. The number of nitrogens with zero attached hydrogens (tertiary/aromatic N) is 4. The minimum Gasteiger partial charge on any atom is -0.342 e. The number of nitrogens with one attached hydrogen (secondary N) is 1. The van der Waals surface area contributed by atoms with E-state index in [0.29, 0.717) is 11.5 Å². The molecule has 28 heavy (non-hydrogen) atoms. The van der Waals surface area contributed by atoms with Crippen LogP contribution in [0.15, 0.2) is 42.9 Å². The maximum Gasteiger partial charge on any atom is 0.251 e. The molecule has 0 bridgehead atoms. The SMILES string of the molecule is CCc1cnc(C)nc1-c1cccc(C(=O)NC(c2nccn2C)C2CC2)c1. The number of carbonyl (C=O) groups is 1. The number of aromatic nitrogens is 4. The van der Waals surface area contributed by atoms with Gasteiger partial charge in [-0.2, -0.15) is 0 Å². The van der Waals surface area contributed by atoms with Crippen molar-refractivity contribution in [1.82, 2.24) is 24.8 Å². The first-order chi connectivity index (χ1) is 13.6. The molecule has 1 fully saturated rings. The Bertz CT molecular complexity index is 1010. The van der Waals surface area contributed by atoms with Crippen LogP contribution in [0.2, 0.25) is 0 Å². The van der Waals surface area contributed by atoms with E-state index in [1.807, 2.05) is 55.2 Å². The van der Waals surface area contributed by atoms with Crippen molar-refractivity contribution in [1.29, 1.82) is 0 Å². The molecule has 0 aliphatic heterocycles. The van der Waals surface area contributed by atoms with Gasteiger partial charge in [-0.25, -0.2) is 15.0 Å². The van der Waals surface area contributed by atoms with Crippen molar-refractivity contribution in [2.24, 2.45) is 13.0 Å². The van der Waals surface area contributed by atoms with Crippen molar-refractivity contribution in [2.45, 2.75) is 39.2 Å². The van der Waals surface area contributed by atoms with E-state index in [1.54, 1.807) is 6.20 Å². The van der Waals surface area contributed by atoms with Gasteiger partial charge in [-0.1, -0.05) is 19.1 Å². The zero-order valence-electron chi connectivity index (χ0n) is 16.5. The second-order valence-electron chi connectivity index (χ2n) is 7.41. The Balaban J connectivity index is 1.62. The van der Waals surface area contributed by atoms with Gasteiger partial charge in [-0.3, -0.25) is 4.79 Å². The van der Waals surface area contributed by atoms with Crippen LogP contribution >= 0.6 is 0 Å². The molecule has 1 saturated carbocycles. The van der Waals surface area contributed by atoms with Gasteiger partial charge in [0.25, 0.3) is 5.91 Å². The summed E-state index contributed by atoms with van der Waals surface area (Å²) in [6.07, 6.45) is 8.65. The Hall–Kier alpha value is -3.02. The molecule has 4 rings (SSSR count). The summed E-state index contributed by atoms with van der Waals surface area (Å²) < 4.78 is 1.98. The predicted octanol–water partition coefficient (Wildman–Crippen LogP) is 3.63. The van der Waals surface area contributed by atoms with Gasteiger partial charge in [0.05, 0.1) is 11.7 Å². The molecule has 6 heteroatoms. The molecule has 1 aliphatic carbocycles. The zero-order valence-corrected chi connectivity index (χ0v) is 16.5. The van der Waals surface area contributed by atoms with Crippen LogP contribution < -0.4 is 5.32 Å². The van der Waals surface area contributed by atoms with Crippen LogP contribution in [0.4, 0.5) is 0 Å². The lowest BCUT2D eigenvalue weighted by Crippen LogP contribution is -2.31. The van der Waals surface area contributed by atoms with Crippen LogP contribution in [0.25, 0.3) is 11.3 Å². The van der Waals surface area contributed by atoms with E-state index in [9.17, 15) is 4.79 Å². The normalized spacial score (nSPS) is 14.7. The first kappa shape index (κ1) is 18.3. The fourth-order valence-electron chi connectivity index (χ4n) is 3.54. The summed E-state index contributed by atoms with van der Waals surface area (Å²) in [7, 11) is 1.97. The molecule has 1 amide bonds. The summed E-state index contributed by atoms with van der Waals surface area (Å²) in [6.45, 7) is 3.97. The average Bonchev–Trinajstić information content (AvgIpc) is 3.47. The summed E-state index contributed by atoms with van der Waals surface area (Å²) in [5, 5.41) is 3.20. The molecule has 0 saturated heterocycles. The fraction of sp³-hybridized carbons (Fsp3) is 0.364. The molecule has 3 aromatic rings. The van der Waals surface area contributed by atoms with Crippen molar-refractivity contribution in [3.05, 3.63) is 65.6 Å². The third kappa shape index (κ3) is 3.67. The topological polar surface area (TPSA) is 72.7 Å². The molecule has 1 N–H and O–H groups in total. The second-order valence-corrected chi connectivity index (χ2v) is 7.41. The summed E-state index contributed by atoms with van der Waals surface area (Å²) in [5.74, 6) is 2.02. The summed E-state index contributed by atoms with van der Waals surface area (Å²) in [5.41, 5.74) is 3.55. The van der Waals surface area contributed by atoms with E-state index in [-0.39, 0.29) is 11.9 Å². The number of imidazole rings is 1. The van der Waals surface area contributed by atoms with E-state index >= 15 is 0 Å². The summed E-state index contributed by atoms with van der Waals surface area (Å²) in [4.78, 5) is 26.4. The van der Waals surface area contributed by atoms with Gasteiger partial charge in [0.15, 0.2) is 0 Å². The predicted molar refractivity (Wildman–Crippen MR) is 108 cm³/mol. The Morgan fingerprint density at radius 3 is 2.82 bits per heavy atom. The van der Waals surface area contributed by atoms with E-state index in [2.05, 4.69) is 27.2 Å². The van der Waals surface area contributed by atoms with Gasteiger partial charge in [-0.15, -0.1) is 0 Å². The van der Waals surface area contributed by atoms with E-state index in [1.165, 1.54) is 0 Å². The number of amides is 1. The monoisotopic (exact) mass is 375 g/mol. The maximum absolute atomic E-state index is 13.0. The zero-order chi connectivity index (χ0) is 19.7. The van der Waals surface area contributed by atoms with Gasteiger partial charge < -0.3 is 9.88 Å². The lowest BCUT2D eigenvalue weighted by Gasteiger charge is -2.18. The molecule has 1 atom stereocenters. The highest BCUT2D eigenvalue weighted by Crippen LogP contribution is 2.40. The first-order valence-electron chi connectivity index (χ1n) is 9.78. The smallest absolute Gasteiger partial charge is 0.251 e. The Morgan fingerprint density at radius 1 is 1.32 bits per heavy atom. The van der Waals surface area contributed by atoms with Gasteiger partial charge >= 0.3 is 0 Å². The van der Waals surface area contributed by atoms with E-state index < -0.39 is 0 Å². The quantitative estimate of drug-likeness (QED) is 0.714. The number of hydrogen-bond donors (Lipinski definition) is 1. The third-order valence-corrected chi connectivity index (χ3v) is 5.28. The highest BCUT2D eigenvalue weighted by atomic mass is 16.1. The Kier molecular flexibility index (Phi) is 4.94. The number of aryl methyl sites for hydroxylation is 3. The second kappa shape index (κ2) is 7.54. The Labute approximate surface area is 165 Å². The minimum absolute atomic E-state index is 0.0522. The fourth-order valence-corrected chi connectivity index (χ4v) is 3.54. The molecule has 1 aliphatic rings.